The Labute approximate surface area is 177 Å². The Balaban J connectivity index is 1.44. The molecule has 5 rings (SSSR count). The Kier molecular flexibility index (Phi) is 4.52. The topological polar surface area (TPSA) is 72.7 Å². The highest BCUT2D eigenvalue weighted by atomic mass is 32.1. The van der Waals surface area contributed by atoms with Crippen LogP contribution >= 0.6 is 11.3 Å². The highest BCUT2D eigenvalue weighted by Gasteiger charge is 2.16. The molecular formula is C23H19N5OS. The van der Waals surface area contributed by atoms with Crippen LogP contribution in [0.2, 0.25) is 0 Å². The zero-order valence-corrected chi connectivity index (χ0v) is 17.4. The lowest BCUT2D eigenvalue weighted by atomic mass is 10.0. The largest absolute Gasteiger partial charge is 0.300 e. The summed E-state index contributed by atoms with van der Waals surface area (Å²) in [6.07, 6.45) is 1.76. The van der Waals surface area contributed by atoms with E-state index in [1.54, 1.807) is 10.9 Å². The number of benzene rings is 2. The normalized spacial score (nSPS) is 11.3. The minimum atomic E-state index is -0.179. The number of thiazole rings is 1. The lowest BCUT2D eigenvalue weighted by molar-refractivity contribution is -0.116. The summed E-state index contributed by atoms with van der Waals surface area (Å²) in [6.45, 7) is 4.06. The maximum absolute atomic E-state index is 12.7. The number of aryl methyl sites for hydroxylation is 2. The molecule has 3 heterocycles. The Morgan fingerprint density at radius 1 is 1.10 bits per heavy atom. The summed E-state index contributed by atoms with van der Waals surface area (Å²) in [5, 5.41) is 9.04. The van der Waals surface area contributed by atoms with Crippen molar-refractivity contribution in [1.29, 1.82) is 0 Å². The predicted octanol–water partition coefficient (Wildman–Crippen LogP) is 4.96. The number of fused-ring (bicyclic) bond motifs is 2. The molecule has 6 nitrogen and oxygen atoms in total. The predicted molar refractivity (Wildman–Crippen MR) is 121 cm³/mol. The van der Waals surface area contributed by atoms with Crippen molar-refractivity contribution in [2.45, 2.75) is 20.4 Å². The minimum Gasteiger partial charge on any atom is -0.300 e. The van der Waals surface area contributed by atoms with Crippen LogP contribution < -0.4 is 5.32 Å². The standard InChI is InChI=1S/C23H19N5OS/c1-14-8-9-18-19(12-14)30-23(25-18)26-20(29)13-28-22-21(15(2)27-28)17(10-11-24-22)16-6-4-3-5-7-16/h3-12H,13H2,1-2H3,(H,25,26,29). The highest BCUT2D eigenvalue weighted by Crippen LogP contribution is 2.30. The van der Waals surface area contributed by atoms with E-state index in [9.17, 15) is 4.79 Å². The van der Waals surface area contributed by atoms with E-state index < -0.39 is 0 Å². The summed E-state index contributed by atoms with van der Waals surface area (Å²) in [5.74, 6) is -0.179. The van der Waals surface area contributed by atoms with Gasteiger partial charge >= 0.3 is 0 Å². The van der Waals surface area contributed by atoms with E-state index in [2.05, 4.69) is 38.6 Å². The van der Waals surface area contributed by atoms with Crippen LogP contribution in [0.5, 0.6) is 0 Å². The Bertz CT molecular complexity index is 1390. The van der Waals surface area contributed by atoms with Crippen LogP contribution in [0.25, 0.3) is 32.4 Å². The number of pyridine rings is 1. The van der Waals surface area contributed by atoms with E-state index in [0.29, 0.717) is 10.8 Å². The lowest BCUT2D eigenvalue weighted by Crippen LogP contribution is -2.19. The molecule has 0 saturated heterocycles. The van der Waals surface area contributed by atoms with E-state index in [0.717, 1.165) is 32.4 Å². The number of nitrogens with zero attached hydrogens (tertiary/aromatic N) is 4. The van der Waals surface area contributed by atoms with Crippen LogP contribution in [0, 0.1) is 13.8 Å². The molecule has 3 aromatic heterocycles. The van der Waals surface area contributed by atoms with E-state index in [1.165, 1.54) is 16.9 Å². The van der Waals surface area contributed by atoms with Crippen molar-refractivity contribution in [3.8, 4) is 11.1 Å². The molecule has 7 heteroatoms. The fraction of sp³-hybridized carbons (Fsp3) is 0.130. The first-order valence-electron chi connectivity index (χ1n) is 9.63. The maximum atomic E-state index is 12.7. The van der Waals surface area contributed by atoms with Crippen LogP contribution in [0.3, 0.4) is 0 Å². The molecule has 0 atom stereocenters. The van der Waals surface area contributed by atoms with E-state index in [1.807, 2.05) is 50.2 Å². The SMILES string of the molecule is Cc1ccc2nc(NC(=O)Cn3nc(C)c4c(-c5ccccc5)ccnc43)sc2c1. The molecule has 148 valence electrons. The van der Waals surface area contributed by atoms with Gasteiger partial charge in [-0.1, -0.05) is 47.7 Å². The third kappa shape index (κ3) is 3.33. The van der Waals surface area contributed by atoms with Crippen molar-refractivity contribution < 1.29 is 4.79 Å². The van der Waals surface area contributed by atoms with Gasteiger partial charge in [0.05, 0.1) is 15.9 Å². The summed E-state index contributed by atoms with van der Waals surface area (Å²) in [6, 6.07) is 18.2. The summed E-state index contributed by atoms with van der Waals surface area (Å²) < 4.78 is 2.71. The number of aromatic nitrogens is 4. The van der Waals surface area contributed by atoms with E-state index in [4.69, 9.17) is 0 Å². The smallest absolute Gasteiger partial charge is 0.247 e. The molecule has 2 aromatic carbocycles. The Hall–Kier alpha value is -3.58. The average Bonchev–Trinajstić information content (AvgIpc) is 3.28. The van der Waals surface area contributed by atoms with Crippen LogP contribution in [-0.4, -0.2) is 25.7 Å². The van der Waals surface area contributed by atoms with Crippen molar-refractivity contribution in [1.82, 2.24) is 19.7 Å². The maximum Gasteiger partial charge on any atom is 0.247 e. The number of carbonyl (C=O) groups excluding carboxylic acids is 1. The molecule has 0 aliphatic carbocycles. The zero-order valence-electron chi connectivity index (χ0n) is 16.6. The van der Waals surface area contributed by atoms with Crippen LogP contribution in [0.4, 0.5) is 5.13 Å². The number of hydrogen-bond donors (Lipinski definition) is 1. The molecule has 0 saturated carbocycles. The van der Waals surface area contributed by atoms with Crippen molar-refractivity contribution in [2.75, 3.05) is 5.32 Å². The monoisotopic (exact) mass is 413 g/mol. The van der Waals surface area contributed by atoms with Gasteiger partial charge in [0.1, 0.15) is 6.54 Å². The van der Waals surface area contributed by atoms with Crippen LogP contribution in [0.1, 0.15) is 11.3 Å². The quantitative estimate of drug-likeness (QED) is 0.452. The molecule has 0 unspecified atom stereocenters. The fourth-order valence-corrected chi connectivity index (χ4v) is 4.61. The van der Waals surface area contributed by atoms with Gasteiger partial charge in [0.25, 0.3) is 0 Å². The van der Waals surface area contributed by atoms with E-state index >= 15 is 0 Å². The molecule has 0 spiro atoms. The van der Waals surface area contributed by atoms with Gasteiger partial charge in [0.15, 0.2) is 10.8 Å². The van der Waals surface area contributed by atoms with Crippen molar-refractivity contribution >= 4 is 43.6 Å². The number of carbonyl (C=O) groups is 1. The van der Waals surface area contributed by atoms with Crippen LogP contribution in [-0.2, 0) is 11.3 Å². The molecule has 1 N–H and O–H groups in total. The van der Waals surface area contributed by atoms with Crippen molar-refractivity contribution in [3.05, 3.63) is 72.1 Å². The summed E-state index contributed by atoms with van der Waals surface area (Å²) in [7, 11) is 0. The number of amides is 1. The molecular weight excluding hydrogens is 394 g/mol. The zero-order chi connectivity index (χ0) is 20.7. The van der Waals surface area contributed by atoms with Gasteiger partial charge in [-0.3, -0.25) is 4.79 Å². The third-order valence-electron chi connectivity index (χ3n) is 4.98. The first-order valence-corrected chi connectivity index (χ1v) is 10.4. The first kappa shape index (κ1) is 18.4. The summed E-state index contributed by atoms with van der Waals surface area (Å²) in [5.41, 5.74) is 5.76. The molecule has 5 aromatic rings. The van der Waals surface area contributed by atoms with Crippen molar-refractivity contribution in [3.63, 3.8) is 0 Å². The fourth-order valence-electron chi connectivity index (χ4n) is 3.63. The average molecular weight is 414 g/mol. The summed E-state index contributed by atoms with van der Waals surface area (Å²) >= 11 is 1.47. The van der Waals surface area contributed by atoms with Gasteiger partial charge in [0, 0.05) is 11.6 Å². The molecule has 0 radical (unpaired) electrons. The molecule has 0 aliphatic rings. The van der Waals surface area contributed by atoms with Gasteiger partial charge in [0.2, 0.25) is 5.91 Å². The van der Waals surface area contributed by atoms with E-state index in [-0.39, 0.29) is 12.5 Å². The number of anilines is 1. The second kappa shape index (κ2) is 7.35. The number of nitrogens with one attached hydrogen (secondary N) is 1. The van der Waals surface area contributed by atoms with Gasteiger partial charge < -0.3 is 5.32 Å². The van der Waals surface area contributed by atoms with Crippen LogP contribution in [0.15, 0.2) is 60.8 Å². The first-order chi connectivity index (χ1) is 14.6. The lowest BCUT2D eigenvalue weighted by Gasteiger charge is -2.05. The minimum absolute atomic E-state index is 0.0739. The number of hydrogen-bond acceptors (Lipinski definition) is 5. The van der Waals surface area contributed by atoms with Crippen molar-refractivity contribution in [2.24, 2.45) is 0 Å². The number of rotatable bonds is 4. The van der Waals surface area contributed by atoms with Gasteiger partial charge in [-0.25, -0.2) is 14.6 Å². The second-order valence-electron chi connectivity index (χ2n) is 7.20. The van der Waals surface area contributed by atoms with Gasteiger partial charge in [-0.15, -0.1) is 0 Å². The second-order valence-corrected chi connectivity index (χ2v) is 8.24. The molecule has 1 amide bonds. The molecule has 0 bridgehead atoms. The Morgan fingerprint density at radius 3 is 2.77 bits per heavy atom. The Morgan fingerprint density at radius 2 is 1.93 bits per heavy atom. The molecule has 0 fully saturated rings. The third-order valence-corrected chi connectivity index (χ3v) is 5.91. The molecule has 0 aliphatic heterocycles. The van der Waals surface area contributed by atoms with Gasteiger partial charge in [-0.05, 0) is 48.7 Å². The highest BCUT2D eigenvalue weighted by molar-refractivity contribution is 7.22. The summed E-state index contributed by atoms with van der Waals surface area (Å²) in [4.78, 5) is 21.7. The molecule has 30 heavy (non-hydrogen) atoms. The van der Waals surface area contributed by atoms with Gasteiger partial charge in [-0.2, -0.15) is 5.10 Å².